The van der Waals surface area contributed by atoms with Crippen LogP contribution < -0.4 is 10.6 Å². The number of benzene rings is 1. The van der Waals surface area contributed by atoms with E-state index in [0.717, 1.165) is 32.5 Å². The Bertz CT molecular complexity index is 686. The minimum absolute atomic E-state index is 0.135. The van der Waals surface area contributed by atoms with Gasteiger partial charge in [0.05, 0.1) is 0 Å². The van der Waals surface area contributed by atoms with E-state index in [0.29, 0.717) is 18.3 Å². The van der Waals surface area contributed by atoms with Gasteiger partial charge in [-0.1, -0.05) is 51.1 Å². The van der Waals surface area contributed by atoms with E-state index in [1.165, 1.54) is 5.56 Å². The first-order valence-corrected chi connectivity index (χ1v) is 10.3. The summed E-state index contributed by atoms with van der Waals surface area (Å²) in [7, 11) is 0. The zero-order chi connectivity index (χ0) is 20.3. The van der Waals surface area contributed by atoms with Crippen molar-refractivity contribution in [3.63, 3.8) is 0 Å². The van der Waals surface area contributed by atoms with Crippen molar-refractivity contribution in [2.75, 3.05) is 13.1 Å². The minimum Gasteiger partial charge on any atom is -0.465 e. The number of carboxylic acid groups (broad SMARTS) is 1. The van der Waals surface area contributed by atoms with Crippen LogP contribution in [0.1, 0.15) is 45.6 Å². The number of fused-ring (bicyclic) bond motifs is 1. The molecule has 1 aromatic rings. The predicted octanol–water partition coefficient (Wildman–Crippen LogP) is 3.09. The van der Waals surface area contributed by atoms with Crippen LogP contribution in [0.2, 0.25) is 0 Å². The third-order valence-corrected chi connectivity index (χ3v) is 5.94. The van der Waals surface area contributed by atoms with Crippen LogP contribution in [0.15, 0.2) is 30.3 Å². The maximum atomic E-state index is 12.8. The average molecular weight is 388 g/mol. The van der Waals surface area contributed by atoms with Gasteiger partial charge in [0.1, 0.15) is 6.04 Å². The number of nitrogens with zero attached hydrogens (tertiary/aromatic N) is 1. The van der Waals surface area contributed by atoms with Gasteiger partial charge in [0, 0.05) is 25.7 Å². The fourth-order valence-electron chi connectivity index (χ4n) is 4.76. The van der Waals surface area contributed by atoms with E-state index in [1.54, 1.807) is 0 Å². The monoisotopic (exact) mass is 387 g/mol. The summed E-state index contributed by atoms with van der Waals surface area (Å²) in [5.41, 5.74) is 1.18. The Kier molecular flexibility index (Phi) is 6.28. The lowest BCUT2D eigenvalue weighted by Gasteiger charge is -2.28. The van der Waals surface area contributed by atoms with Crippen LogP contribution in [0, 0.1) is 17.3 Å². The highest BCUT2D eigenvalue weighted by Crippen LogP contribution is 2.38. The van der Waals surface area contributed by atoms with E-state index < -0.39 is 12.1 Å². The molecule has 28 heavy (non-hydrogen) atoms. The molecule has 1 aromatic carbocycles. The lowest BCUT2D eigenvalue weighted by Crippen LogP contribution is -2.51. The molecule has 0 radical (unpaired) electrons. The molecule has 2 aliphatic rings. The van der Waals surface area contributed by atoms with Crippen molar-refractivity contribution in [2.45, 2.75) is 58.7 Å². The molecule has 2 fully saturated rings. The SMILES string of the molecule is CC(C)(C)C[C@H](NC(=O)O)C(=O)NC1CC[C@@H]2CN(Cc3ccccc3)CC12. The molecule has 2 unspecified atom stereocenters. The van der Waals surface area contributed by atoms with Crippen molar-refractivity contribution < 1.29 is 14.7 Å². The summed E-state index contributed by atoms with van der Waals surface area (Å²) in [6.07, 6.45) is 1.43. The van der Waals surface area contributed by atoms with E-state index in [4.69, 9.17) is 5.11 Å². The molecule has 2 amide bonds. The molecule has 1 aliphatic carbocycles. The molecule has 1 saturated heterocycles. The van der Waals surface area contributed by atoms with Crippen LogP contribution >= 0.6 is 0 Å². The third-order valence-electron chi connectivity index (χ3n) is 5.94. The molecule has 1 aliphatic heterocycles. The molecule has 1 heterocycles. The van der Waals surface area contributed by atoms with E-state index >= 15 is 0 Å². The number of likely N-dealkylation sites (tertiary alicyclic amines) is 1. The van der Waals surface area contributed by atoms with Gasteiger partial charge in [0.2, 0.25) is 5.91 Å². The minimum atomic E-state index is -1.15. The normalized spacial score (nSPS) is 25.9. The summed E-state index contributed by atoms with van der Waals surface area (Å²) in [5.74, 6) is 0.875. The molecular weight excluding hydrogens is 354 g/mol. The quantitative estimate of drug-likeness (QED) is 0.701. The van der Waals surface area contributed by atoms with Crippen molar-refractivity contribution in [1.82, 2.24) is 15.5 Å². The number of carbonyl (C=O) groups excluding carboxylic acids is 1. The first-order valence-electron chi connectivity index (χ1n) is 10.3. The average Bonchev–Trinajstić information content (AvgIpc) is 3.15. The summed E-state index contributed by atoms with van der Waals surface area (Å²) in [5, 5.41) is 14.7. The number of hydrogen-bond acceptors (Lipinski definition) is 3. The van der Waals surface area contributed by atoms with E-state index in [2.05, 4.69) is 39.8 Å². The van der Waals surface area contributed by atoms with Crippen LogP contribution in [0.4, 0.5) is 4.79 Å². The number of carbonyl (C=O) groups is 2. The smallest absolute Gasteiger partial charge is 0.405 e. The molecule has 6 nitrogen and oxygen atoms in total. The van der Waals surface area contributed by atoms with Crippen molar-refractivity contribution in [3.8, 4) is 0 Å². The fraction of sp³-hybridized carbons (Fsp3) is 0.636. The Morgan fingerprint density at radius 3 is 2.54 bits per heavy atom. The lowest BCUT2D eigenvalue weighted by molar-refractivity contribution is -0.124. The van der Waals surface area contributed by atoms with Gasteiger partial charge in [0.25, 0.3) is 0 Å². The van der Waals surface area contributed by atoms with Gasteiger partial charge >= 0.3 is 6.09 Å². The molecule has 3 N–H and O–H groups in total. The zero-order valence-electron chi connectivity index (χ0n) is 17.1. The second-order valence-electron chi connectivity index (χ2n) is 9.56. The molecule has 4 atom stereocenters. The maximum absolute atomic E-state index is 12.8. The fourth-order valence-corrected chi connectivity index (χ4v) is 4.76. The maximum Gasteiger partial charge on any atom is 0.405 e. The van der Waals surface area contributed by atoms with Crippen molar-refractivity contribution in [3.05, 3.63) is 35.9 Å². The second kappa shape index (κ2) is 8.52. The standard InChI is InChI=1S/C22H33N3O3/c1-22(2,3)11-19(24-21(27)28)20(26)23-18-10-9-16-13-25(14-17(16)18)12-15-7-5-4-6-8-15/h4-8,16-19,24H,9-14H2,1-3H3,(H,23,26)(H,27,28)/t16-,17?,18?,19+/m1/s1. The van der Waals surface area contributed by atoms with Gasteiger partial charge in [-0.05, 0) is 42.1 Å². The Morgan fingerprint density at radius 2 is 1.89 bits per heavy atom. The number of amides is 2. The summed E-state index contributed by atoms with van der Waals surface area (Å²) < 4.78 is 0. The number of rotatable bonds is 6. The van der Waals surface area contributed by atoms with Crippen molar-refractivity contribution in [1.29, 1.82) is 0 Å². The zero-order valence-corrected chi connectivity index (χ0v) is 17.1. The second-order valence-corrected chi connectivity index (χ2v) is 9.56. The van der Waals surface area contributed by atoms with Gasteiger partial charge < -0.3 is 15.7 Å². The highest BCUT2D eigenvalue weighted by Gasteiger charge is 2.43. The molecule has 154 valence electrons. The highest BCUT2D eigenvalue weighted by atomic mass is 16.4. The van der Waals surface area contributed by atoms with Crippen LogP contribution in [-0.4, -0.2) is 47.2 Å². The van der Waals surface area contributed by atoms with Crippen LogP contribution in [0.3, 0.4) is 0 Å². The van der Waals surface area contributed by atoms with Crippen LogP contribution in [0.5, 0.6) is 0 Å². The van der Waals surface area contributed by atoms with Gasteiger partial charge in [-0.25, -0.2) is 4.79 Å². The van der Waals surface area contributed by atoms with Crippen LogP contribution in [-0.2, 0) is 11.3 Å². The molecule has 0 spiro atoms. The van der Waals surface area contributed by atoms with E-state index in [-0.39, 0.29) is 17.4 Å². The lowest BCUT2D eigenvalue weighted by atomic mass is 9.87. The summed E-state index contributed by atoms with van der Waals surface area (Å²) in [6, 6.07) is 9.91. The summed E-state index contributed by atoms with van der Waals surface area (Å²) >= 11 is 0. The predicted molar refractivity (Wildman–Crippen MR) is 109 cm³/mol. The van der Waals surface area contributed by atoms with Gasteiger partial charge in [-0.15, -0.1) is 0 Å². The molecule has 0 aromatic heterocycles. The van der Waals surface area contributed by atoms with E-state index in [9.17, 15) is 9.59 Å². The van der Waals surface area contributed by atoms with Gasteiger partial charge in [-0.3, -0.25) is 9.69 Å². The largest absolute Gasteiger partial charge is 0.465 e. The summed E-state index contributed by atoms with van der Waals surface area (Å²) in [6.45, 7) is 9.05. The molecule has 6 heteroatoms. The molecular formula is C22H33N3O3. The number of nitrogens with one attached hydrogen (secondary N) is 2. The Balaban J connectivity index is 1.58. The van der Waals surface area contributed by atoms with Crippen LogP contribution in [0.25, 0.3) is 0 Å². The molecule has 1 saturated carbocycles. The first-order chi connectivity index (χ1) is 13.2. The topological polar surface area (TPSA) is 81.7 Å². The van der Waals surface area contributed by atoms with Gasteiger partial charge in [-0.2, -0.15) is 0 Å². The number of hydrogen-bond donors (Lipinski definition) is 3. The molecule has 3 rings (SSSR count). The highest BCUT2D eigenvalue weighted by molar-refractivity contribution is 5.85. The Hall–Kier alpha value is -2.08. The molecule has 0 bridgehead atoms. The first kappa shape index (κ1) is 20.6. The van der Waals surface area contributed by atoms with Gasteiger partial charge in [0.15, 0.2) is 0 Å². The Morgan fingerprint density at radius 1 is 1.18 bits per heavy atom. The van der Waals surface area contributed by atoms with Crippen molar-refractivity contribution in [2.24, 2.45) is 17.3 Å². The summed E-state index contributed by atoms with van der Waals surface area (Å²) in [4.78, 5) is 26.4. The third kappa shape index (κ3) is 5.47. The van der Waals surface area contributed by atoms with Crippen molar-refractivity contribution >= 4 is 12.0 Å². The van der Waals surface area contributed by atoms with E-state index in [1.807, 2.05) is 26.8 Å². The Labute approximate surface area is 167 Å².